The van der Waals surface area contributed by atoms with E-state index in [2.05, 4.69) is 46.7 Å². The Morgan fingerprint density at radius 2 is 1.82 bits per heavy atom. The average molecular weight is 301 g/mol. The lowest BCUT2D eigenvalue weighted by molar-refractivity contribution is -0.123. The van der Waals surface area contributed by atoms with Gasteiger partial charge in [-0.15, -0.1) is 0 Å². The van der Waals surface area contributed by atoms with Crippen molar-refractivity contribution in [2.75, 3.05) is 13.6 Å². The van der Waals surface area contributed by atoms with Gasteiger partial charge in [0.05, 0.1) is 6.54 Å². The Labute approximate surface area is 133 Å². The van der Waals surface area contributed by atoms with Crippen LogP contribution >= 0.6 is 0 Å². The van der Waals surface area contributed by atoms with Gasteiger partial charge in [-0.3, -0.25) is 9.69 Å². The third kappa shape index (κ3) is 3.50. The van der Waals surface area contributed by atoms with Gasteiger partial charge in [0, 0.05) is 24.7 Å². The molecule has 2 fully saturated rings. The molecular formula is C18H27N3O. The maximum absolute atomic E-state index is 12.3. The van der Waals surface area contributed by atoms with Crippen molar-refractivity contribution in [3.63, 3.8) is 0 Å². The van der Waals surface area contributed by atoms with Gasteiger partial charge in [0.25, 0.3) is 0 Å². The van der Waals surface area contributed by atoms with Crippen molar-refractivity contribution in [2.45, 2.75) is 57.3 Å². The highest BCUT2D eigenvalue weighted by atomic mass is 16.2. The van der Waals surface area contributed by atoms with Crippen LogP contribution in [0, 0.1) is 6.92 Å². The fourth-order valence-corrected chi connectivity index (χ4v) is 3.90. The van der Waals surface area contributed by atoms with Gasteiger partial charge in [-0.05, 0) is 45.2 Å². The molecule has 2 aliphatic rings. The van der Waals surface area contributed by atoms with E-state index < -0.39 is 0 Å². The molecule has 3 rings (SSSR count). The fourth-order valence-electron chi connectivity index (χ4n) is 3.90. The molecule has 2 bridgehead atoms. The third-order valence-corrected chi connectivity index (χ3v) is 5.23. The number of piperidine rings is 1. The van der Waals surface area contributed by atoms with Crippen molar-refractivity contribution in [1.82, 2.24) is 15.5 Å². The minimum Gasteiger partial charge on any atom is -0.351 e. The van der Waals surface area contributed by atoms with Crippen LogP contribution in [0.2, 0.25) is 0 Å². The van der Waals surface area contributed by atoms with E-state index in [1.54, 1.807) is 0 Å². The number of nitrogens with one attached hydrogen (secondary N) is 2. The number of rotatable bonds is 5. The van der Waals surface area contributed by atoms with E-state index in [0.29, 0.717) is 31.2 Å². The van der Waals surface area contributed by atoms with Gasteiger partial charge in [0.2, 0.25) is 5.91 Å². The lowest BCUT2D eigenvalue weighted by Gasteiger charge is -2.38. The van der Waals surface area contributed by atoms with E-state index in [4.69, 9.17) is 0 Å². The maximum atomic E-state index is 12.3. The number of hydrogen-bond acceptors (Lipinski definition) is 3. The summed E-state index contributed by atoms with van der Waals surface area (Å²) in [5.74, 6) is 0.153. The number of hydrogen-bond donors (Lipinski definition) is 2. The second-order valence-corrected chi connectivity index (χ2v) is 6.78. The van der Waals surface area contributed by atoms with E-state index in [-0.39, 0.29) is 5.91 Å². The quantitative estimate of drug-likeness (QED) is 0.872. The monoisotopic (exact) mass is 301 g/mol. The van der Waals surface area contributed by atoms with Crippen LogP contribution in [0.15, 0.2) is 24.3 Å². The van der Waals surface area contributed by atoms with Crippen LogP contribution in [0.1, 0.15) is 36.8 Å². The summed E-state index contributed by atoms with van der Waals surface area (Å²) in [6.45, 7) is 3.26. The molecule has 1 aromatic rings. The lowest BCUT2D eigenvalue weighted by Crippen LogP contribution is -2.51. The molecule has 1 aromatic carbocycles. The van der Waals surface area contributed by atoms with Crippen LogP contribution in [0.5, 0.6) is 0 Å². The van der Waals surface area contributed by atoms with E-state index in [9.17, 15) is 4.79 Å². The van der Waals surface area contributed by atoms with Crippen molar-refractivity contribution in [3.8, 4) is 0 Å². The number of aryl methyl sites for hydroxylation is 1. The summed E-state index contributed by atoms with van der Waals surface area (Å²) in [6, 6.07) is 10.1. The first-order valence-electron chi connectivity index (χ1n) is 8.41. The van der Waals surface area contributed by atoms with E-state index in [0.717, 1.165) is 5.56 Å². The topological polar surface area (TPSA) is 44.4 Å². The molecule has 1 amide bonds. The highest BCUT2D eigenvalue weighted by Crippen LogP contribution is 2.35. The third-order valence-electron chi connectivity index (χ3n) is 5.23. The Kier molecular flexibility index (Phi) is 4.79. The highest BCUT2D eigenvalue weighted by Gasteiger charge is 2.40. The molecule has 0 aromatic heterocycles. The van der Waals surface area contributed by atoms with Gasteiger partial charge in [-0.1, -0.05) is 29.8 Å². The fraction of sp³-hybridized carbons (Fsp3) is 0.611. The van der Waals surface area contributed by atoms with E-state index >= 15 is 0 Å². The summed E-state index contributed by atoms with van der Waals surface area (Å²) >= 11 is 0. The Balaban J connectivity index is 1.49. The first-order valence-corrected chi connectivity index (χ1v) is 8.41. The van der Waals surface area contributed by atoms with Gasteiger partial charge in [-0.25, -0.2) is 0 Å². The molecule has 4 nitrogen and oxygen atoms in total. The van der Waals surface area contributed by atoms with Crippen LogP contribution < -0.4 is 10.6 Å². The van der Waals surface area contributed by atoms with Crippen LogP contribution in [0.3, 0.4) is 0 Å². The molecule has 4 heteroatoms. The molecule has 0 radical (unpaired) electrons. The molecule has 2 N–H and O–H groups in total. The molecular weight excluding hydrogens is 274 g/mol. The Hall–Kier alpha value is -1.39. The zero-order valence-corrected chi connectivity index (χ0v) is 13.6. The van der Waals surface area contributed by atoms with Crippen LogP contribution in [-0.4, -0.2) is 42.5 Å². The van der Waals surface area contributed by atoms with Crippen LogP contribution in [0.25, 0.3) is 0 Å². The number of amides is 1. The van der Waals surface area contributed by atoms with Crippen LogP contribution in [-0.2, 0) is 11.3 Å². The number of carbonyl (C=O) groups is 1. The SMILES string of the molecule is CNC1CC2CCC(C1)N2CC(=O)NCc1ccc(C)cc1. The Bertz CT molecular complexity index is 500. The number of fused-ring (bicyclic) bond motifs is 2. The van der Waals surface area contributed by atoms with Crippen molar-refractivity contribution in [2.24, 2.45) is 0 Å². The highest BCUT2D eigenvalue weighted by molar-refractivity contribution is 5.78. The minimum absolute atomic E-state index is 0.153. The average Bonchev–Trinajstić information content (AvgIpc) is 2.75. The number of nitrogens with zero attached hydrogens (tertiary/aromatic N) is 1. The molecule has 2 saturated heterocycles. The molecule has 0 aliphatic carbocycles. The molecule has 22 heavy (non-hydrogen) atoms. The minimum atomic E-state index is 0.153. The molecule has 2 atom stereocenters. The normalized spacial score (nSPS) is 27.8. The maximum Gasteiger partial charge on any atom is 0.234 e. The molecule has 2 aliphatic heterocycles. The van der Waals surface area contributed by atoms with Crippen molar-refractivity contribution >= 4 is 5.91 Å². The van der Waals surface area contributed by atoms with Gasteiger partial charge in [-0.2, -0.15) is 0 Å². The molecule has 2 unspecified atom stereocenters. The molecule has 120 valence electrons. The van der Waals surface area contributed by atoms with Crippen molar-refractivity contribution in [1.29, 1.82) is 0 Å². The summed E-state index contributed by atoms with van der Waals surface area (Å²) < 4.78 is 0. The second-order valence-electron chi connectivity index (χ2n) is 6.78. The summed E-state index contributed by atoms with van der Waals surface area (Å²) in [5.41, 5.74) is 2.41. The predicted molar refractivity (Wildman–Crippen MR) is 88.6 cm³/mol. The van der Waals surface area contributed by atoms with E-state index in [1.165, 1.54) is 31.2 Å². The lowest BCUT2D eigenvalue weighted by atomic mass is 9.97. The smallest absolute Gasteiger partial charge is 0.234 e. The van der Waals surface area contributed by atoms with Crippen molar-refractivity contribution in [3.05, 3.63) is 35.4 Å². The first kappa shape index (κ1) is 15.5. The number of benzene rings is 1. The first-order chi connectivity index (χ1) is 10.7. The summed E-state index contributed by atoms with van der Waals surface area (Å²) in [4.78, 5) is 14.7. The van der Waals surface area contributed by atoms with E-state index in [1.807, 2.05) is 7.05 Å². The largest absolute Gasteiger partial charge is 0.351 e. The summed E-state index contributed by atoms with van der Waals surface area (Å²) in [6.07, 6.45) is 4.85. The molecule has 0 spiro atoms. The zero-order valence-electron chi connectivity index (χ0n) is 13.6. The zero-order chi connectivity index (χ0) is 15.5. The van der Waals surface area contributed by atoms with Gasteiger partial charge >= 0.3 is 0 Å². The van der Waals surface area contributed by atoms with Gasteiger partial charge < -0.3 is 10.6 Å². The Morgan fingerprint density at radius 1 is 1.18 bits per heavy atom. The van der Waals surface area contributed by atoms with Crippen LogP contribution in [0.4, 0.5) is 0 Å². The van der Waals surface area contributed by atoms with Crippen molar-refractivity contribution < 1.29 is 4.79 Å². The van der Waals surface area contributed by atoms with Gasteiger partial charge in [0.1, 0.15) is 0 Å². The standard InChI is InChI=1S/C18H27N3O/c1-13-3-5-14(6-4-13)11-20-18(22)12-21-16-7-8-17(21)10-15(9-16)19-2/h3-6,15-17,19H,7-12H2,1-2H3,(H,20,22). The predicted octanol–water partition coefficient (Wildman–Crippen LogP) is 1.83. The Morgan fingerprint density at radius 3 is 2.41 bits per heavy atom. The molecule has 0 saturated carbocycles. The molecule has 2 heterocycles. The number of carbonyl (C=O) groups excluding carboxylic acids is 1. The van der Waals surface area contributed by atoms with Gasteiger partial charge in [0.15, 0.2) is 0 Å². The summed E-state index contributed by atoms with van der Waals surface area (Å²) in [7, 11) is 2.05. The second kappa shape index (κ2) is 6.80. The summed E-state index contributed by atoms with van der Waals surface area (Å²) in [5, 5.41) is 6.47.